The van der Waals surface area contributed by atoms with Crippen LogP contribution < -0.4 is 10.6 Å². The Labute approximate surface area is 144 Å². The summed E-state index contributed by atoms with van der Waals surface area (Å²) in [7, 11) is 0. The number of rotatable bonds is 2. The number of halogens is 1. The molecule has 3 heterocycles. The van der Waals surface area contributed by atoms with Crippen LogP contribution in [0.2, 0.25) is 0 Å². The molecule has 25 heavy (non-hydrogen) atoms. The number of nitrogens with zero attached hydrogens (tertiary/aromatic N) is 1. The molecular formula is C18H19FN4O2. The van der Waals surface area contributed by atoms with Crippen molar-refractivity contribution in [2.75, 3.05) is 32.7 Å². The summed E-state index contributed by atoms with van der Waals surface area (Å²) in [4.78, 5) is 29.9. The Kier molecular flexibility index (Phi) is 4.01. The first-order chi connectivity index (χ1) is 12.1. The number of fused-ring (bicyclic) bond motifs is 3. The van der Waals surface area contributed by atoms with Crippen molar-refractivity contribution in [2.45, 2.75) is 6.42 Å². The van der Waals surface area contributed by atoms with Gasteiger partial charge >= 0.3 is 0 Å². The number of carbonyl (C=O) groups is 2. The molecule has 0 bridgehead atoms. The third-order valence-electron chi connectivity index (χ3n) is 4.73. The molecule has 0 spiro atoms. The smallest absolute Gasteiger partial charge is 0.268 e. The highest BCUT2D eigenvalue weighted by Crippen LogP contribution is 2.33. The first-order valence-electron chi connectivity index (χ1n) is 8.41. The lowest BCUT2D eigenvalue weighted by Gasteiger charge is -2.27. The van der Waals surface area contributed by atoms with Crippen molar-refractivity contribution in [1.82, 2.24) is 20.5 Å². The summed E-state index contributed by atoms with van der Waals surface area (Å²) in [6.07, 6.45) is 2.05. The number of H-pyrrole nitrogens is 1. The molecule has 7 heteroatoms. The van der Waals surface area contributed by atoms with E-state index in [9.17, 15) is 14.0 Å². The molecule has 3 N–H and O–H groups in total. The Morgan fingerprint density at radius 3 is 2.84 bits per heavy atom. The molecule has 1 aromatic heterocycles. The number of aromatic nitrogens is 1. The second-order valence-corrected chi connectivity index (χ2v) is 6.31. The normalized spacial score (nSPS) is 17.7. The largest absolute Gasteiger partial charge is 0.350 e. The van der Waals surface area contributed by atoms with E-state index in [1.165, 1.54) is 12.1 Å². The lowest BCUT2D eigenvalue weighted by molar-refractivity contribution is -0.130. The van der Waals surface area contributed by atoms with E-state index in [0.29, 0.717) is 41.8 Å². The van der Waals surface area contributed by atoms with E-state index in [2.05, 4.69) is 15.6 Å². The van der Waals surface area contributed by atoms with Crippen LogP contribution in [0.4, 0.5) is 4.39 Å². The van der Waals surface area contributed by atoms with Crippen LogP contribution in [-0.2, 0) is 4.79 Å². The summed E-state index contributed by atoms with van der Waals surface area (Å²) >= 11 is 0. The molecule has 2 aliphatic heterocycles. The van der Waals surface area contributed by atoms with Crippen LogP contribution in [0.1, 0.15) is 22.5 Å². The number of amides is 2. The molecule has 0 atom stereocenters. The predicted octanol–water partition coefficient (Wildman–Crippen LogP) is 1.26. The van der Waals surface area contributed by atoms with Gasteiger partial charge < -0.3 is 20.5 Å². The highest BCUT2D eigenvalue weighted by atomic mass is 19.1. The Morgan fingerprint density at radius 2 is 2.04 bits per heavy atom. The van der Waals surface area contributed by atoms with Gasteiger partial charge in [0.1, 0.15) is 11.5 Å². The van der Waals surface area contributed by atoms with Crippen LogP contribution in [0.25, 0.3) is 16.5 Å². The average Bonchev–Trinajstić information content (AvgIpc) is 2.92. The minimum Gasteiger partial charge on any atom is -0.350 e. The fourth-order valence-corrected chi connectivity index (χ4v) is 3.47. The van der Waals surface area contributed by atoms with Crippen molar-refractivity contribution in [3.05, 3.63) is 41.3 Å². The summed E-state index contributed by atoms with van der Waals surface area (Å²) in [5, 5.41) is 6.64. The van der Waals surface area contributed by atoms with Crippen LogP contribution in [0.15, 0.2) is 24.3 Å². The summed E-state index contributed by atoms with van der Waals surface area (Å²) in [5.74, 6) is -0.585. The molecule has 0 saturated carbocycles. The van der Waals surface area contributed by atoms with Crippen LogP contribution >= 0.6 is 0 Å². The predicted molar refractivity (Wildman–Crippen MR) is 92.6 cm³/mol. The number of nitrogens with one attached hydrogen (secondary N) is 3. The molecule has 0 aliphatic carbocycles. The van der Waals surface area contributed by atoms with E-state index in [-0.39, 0.29) is 24.1 Å². The fourth-order valence-electron chi connectivity index (χ4n) is 3.47. The van der Waals surface area contributed by atoms with Crippen LogP contribution in [0.5, 0.6) is 0 Å². The van der Waals surface area contributed by atoms with E-state index in [1.54, 1.807) is 6.07 Å². The van der Waals surface area contributed by atoms with E-state index in [1.807, 2.05) is 11.0 Å². The second-order valence-electron chi connectivity index (χ2n) is 6.31. The molecule has 130 valence electrons. The van der Waals surface area contributed by atoms with Crippen molar-refractivity contribution in [3.63, 3.8) is 0 Å². The Bertz CT molecular complexity index is 881. The summed E-state index contributed by atoms with van der Waals surface area (Å²) in [5.41, 5.74) is 2.46. The maximum Gasteiger partial charge on any atom is 0.268 e. The van der Waals surface area contributed by atoms with Gasteiger partial charge in [-0.2, -0.15) is 0 Å². The molecule has 6 nitrogen and oxygen atoms in total. The molecule has 2 aromatic rings. The van der Waals surface area contributed by atoms with Crippen LogP contribution in [0, 0.1) is 5.82 Å². The Hall–Kier alpha value is -2.67. The van der Waals surface area contributed by atoms with Crippen molar-refractivity contribution < 1.29 is 14.0 Å². The fraction of sp³-hybridized carbons (Fsp3) is 0.333. The summed E-state index contributed by atoms with van der Waals surface area (Å²) in [6, 6.07) is 4.38. The maximum atomic E-state index is 13.7. The van der Waals surface area contributed by atoms with Gasteiger partial charge in [-0.15, -0.1) is 0 Å². The van der Waals surface area contributed by atoms with Crippen LogP contribution in [-0.4, -0.2) is 54.4 Å². The second kappa shape index (κ2) is 6.33. The third kappa shape index (κ3) is 2.91. The van der Waals surface area contributed by atoms with Crippen LogP contribution in [0.3, 0.4) is 0 Å². The zero-order chi connectivity index (χ0) is 17.4. The van der Waals surface area contributed by atoms with Gasteiger partial charge in [0.2, 0.25) is 5.91 Å². The zero-order valence-electron chi connectivity index (χ0n) is 13.7. The molecule has 1 aromatic carbocycles. The number of piperazine rings is 1. The topological polar surface area (TPSA) is 77.2 Å². The van der Waals surface area contributed by atoms with E-state index in [4.69, 9.17) is 0 Å². The maximum absolute atomic E-state index is 13.7. The summed E-state index contributed by atoms with van der Waals surface area (Å²) < 4.78 is 13.7. The monoisotopic (exact) mass is 342 g/mol. The minimum atomic E-state index is -0.369. The molecule has 2 amide bonds. The van der Waals surface area contributed by atoms with Gasteiger partial charge in [0.05, 0.1) is 6.42 Å². The van der Waals surface area contributed by atoms with Gasteiger partial charge in [-0.3, -0.25) is 9.59 Å². The lowest BCUT2D eigenvalue weighted by Crippen LogP contribution is -2.46. The molecule has 0 unspecified atom stereocenters. The van der Waals surface area contributed by atoms with E-state index >= 15 is 0 Å². The lowest BCUT2D eigenvalue weighted by atomic mass is 9.98. The molecule has 1 saturated heterocycles. The highest BCUT2D eigenvalue weighted by Gasteiger charge is 2.26. The Morgan fingerprint density at radius 1 is 1.24 bits per heavy atom. The molecular weight excluding hydrogens is 323 g/mol. The molecule has 4 rings (SSSR count). The van der Waals surface area contributed by atoms with Gasteiger partial charge in [0.25, 0.3) is 5.91 Å². The standard InChI is InChI=1S/C18H19FN4O2/c19-12-1-2-14-13(10-12)16-11(3-4-21-18(25)17(16)22-14)9-15(24)23-7-5-20-6-8-23/h1-3,10,20,22H,4-9H2,(H,21,25). The van der Waals surface area contributed by atoms with Crippen molar-refractivity contribution >= 4 is 28.3 Å². The molecule has 2 aliphatic rings. The van der Waals surface area contributed by atoms with Crippen molar-refractivity contribution in [2.24, 2.45) is 0 Å². The third-order valence-corrected chi connectivity index (χ3v) is 4.73. The summed E-state index contributed by atoms with van der Waals surface area (Å²) in [6.45, 7) is 3.28. The minimum absolute atomic E-state index is 0.0267. The Balaban J connectivity index is 1.73. The SMILES string of the molecule is O=C1NCC=C(CC(=O)N2CCNCC2)c2c1[nH]c1ccc(F)cc21. The first-order valence-corrected chi connectivity index (χ1v) is 8.41. The number of carbonyl (C=O) groups excluding carboxylic acids is 2. The quantitative estimate of drug-likeness (QED) is 0.769. The van der Waals surface area contributed by atoms with E-state index in [0.717, 1.165) is 18.7 Å². The molecule has 0 radical (unpaired) electrons. The van der Waals surface area contributed by atoms with Gasteiger partial charge in [0, 0.05) is 49.2 Å². The van der Waals surface area contributed by atoms with Gasteiger partial charge in [-0.1, -0.05) is 6.08 Å². The average molecular weight is 342 g/mol. The van der Waals surface area contributed by atoms with E-state index < -0.39 is 0 Å². The number of aromatic amines is 1. The van der Waals surface area contributed by atoms with Gasteiger partial charge in [0.15, 0.2) is 0 Å². The van der Waals surface area contributed by atoms with Gasteiger partial charge in [-0.25, -0.2) is 4.39 Å². The first kappa shape index (κ1) is 15.8. The van der Waals surface area contributed by atoms with Gasteiger partial charge in [-0.05, 0) is 23.8 Å². The zero-order valence-corrected chi connectivity index (χ0v) is 13.7. The number of hydrogen-bond acceptors (Lipinski definition) is 3. The highest BCUT2D eigenvalue weighted by molar-refractivity contribution is 6.09. The number of benzene rings is 1. The number of hydrogen-bond donors (Lipinski definition) is 3. The van der Waals surface area contributed by atoms with Crippen molar-refractivity contribution in [1.29, 1.82) is 0 Å². The van der Waals surface area contributed by atoms with Crippen molar-refractivity contribution in [3.8, 4) is 0 Å². The molecule has 1 fully saturated rings.